The third-order valence-corrected chi connectivity index (χ3v) is 3.97. The van der Waals surface area contributed by atoms with Crippen LogP contribution in [0.4, 0.5) is 0 Å². The molecule has 0 radical (unpaired) electrons. The monoisotopic (exact) mass is 306 g/mol. The molecule has 0 aliphatic rings. The van der Waals surface area contributed by atoms with E-state index < -0.39 is 0 Å². The molecule has 0 bridgehead atoms. The summed E-state index contributed by atoms with van der Waals surface area (Å²) in [6.07, 6.45) is 3.52. The Morgan fingerprint density at radius 3 is 2.50 bits per heavy atom. The van der Waals surface area contributed by atoms with Gasteiger partial charge in [-0.25, -0.2) is 4.98 Å². The molecular formula is C16H10N4OS. The lowest BCUT2D eigenvalue weighted by Gasteiger charge is -1.93. The fourth-order valence-corrected chi connectivity index (χ4v) is 2.80. The van der Waals surface area contributed by atoms with Crippen LogP contribution in [0.25, 0.3) is 33.6 Å². The highest BCUT2D eigenvalue weighted by molar-refractivity contribution is 7.13. The van der Waals surface area contributed by atoms with Crippen molar-refractivity contribution in [1.29, 1.82) is 0 Å². The third-order valence-electron chi connectivity index (χ3n) is 3.08. The number of nitrogens with zero attached hydrogens (tertiary/aromatic N) is 4. The number of aromatic nitrogens is 4. The molecule has 6 heteroatoms. The third kappa shape index (κ3) is 2.40. The van der Waals surface area contributed by atoms with Crippen LogP contribution >= 0.6 is 11.3 Å². The molecule has 0 unspecified atom stereocenters. The van der Waals surface area contributed by atoms with E-state index in [1.54, 1.807) is 12.4 Å². The van der Waals surface area contributed by atoms with Gasteiger partial charge in [-0.15, -0.1) is 21.5 Å². The molecule has 0 saturated heterocycles. The van der Waals surface area contributed by atoms with Gasteiger partial charge in [0, 0.05) is 28.9 Å². The fraction of sp³-hybridized carbons (Fsp3) is 0. The first-order chi connectivity index (χ1) is 10.9. The molecule has 0 atom stereocenters. The molecule has 0 fully saturated rings. The smallest absolute Gasteiger partial charge is 0.267 e. The second-order valence-electron chi connectivity index (χ2n) is 4.56. The van der Waals surface area contributed by atoms with E-state index in [1.807, 2.05) is 47.8 Å². The molecule has 0 N–H and O–H groups in total. The Bertz CT molecular complexity index is 811. The summed E-state index contributed by atoms with van der Waals surface area (Å²) >= 11 is 1.52. The van der Waals surface area contributed by atoms with Crippen molar-refractivity contribution in [3.8, 4) is 33.6 Å². The van der Waals surface area contributed by atoms with Gasteiger partial charge in [-0.2, -0.15) is 0 Å². The zero-order valence-electron chi connectivity index (χ0n) is 11.4. The van der Waals surface area contributed by atoms with Crippen LogP contribution in [0.3, 0.4) is 0 Å². The van der Waals surface area contributed by atoms with Gasteiger partial charge in [0.25, 0.3) is 5.89 Å². The van der Waals surface area contributed by atoms with Gasteiger partial charge in [0.2, 0.25) is 5.89 Å². The molecule has 3 aromatic heterocycles. The summed E-state index contributed by atoms with van der Waals surface area (Å²) in [7, 11) is 0. The Morgan fingerprint density at radius 1 is 0.864 bits per heavy atom. The topological polar surface area (TPSA) is 64.7 Å². The maximum Gasteiger partial charge on any atom is 0.267 e. The molecule has 0 spiro atoms. The number of benzene rings is 1. The molecule has 0 amide bonds. The minimum absolute atomic E-state index is 0.422. The predicted molar refractivity (Wildman–Crippen MR) is 84.1 cm³/mol. The number of hydrogen-bond donors (Lipinski definition) is 0. The quantitative estimate of drug-likeness (QED) is 0.574. The number of thiazole rings is 1. The van der Waals surface area contributed by atoms with E-state index >= 15 is 0 Å². The average Bonchev–Trinajstić information content (AvgIpc) is 3.26. The van der Waals surface area contributed by atoms with Gasteiger partial charge in [-0.05, 0) is 24.3 Å². The van der Waals surface area contributed by atoms with E-state index in [1.165, 1.54) is 11.3 Å². The van der Waals surface area contributed by atoms with Crippen molar-refractivity contribution in [1.82, 2.24) is 20.2 Å². The average molecular weight is 306 g/mol. The molecule has 3 heterocycles. The molecule has 106 valence electrons. The fourth-order valence-electron chi connectivity index (χ4n) is 2.02. The number of hydrogen-bond acceptors (Lipinski definition) is 6. The van der Waals surface area contributed by atoms with Crippen LogP contribution in [0.15, 0.2) is 64.7 Å². The molecule has 4 rings (SSSR count). The van der Waals surface area contributed by atoms with Crippen LogP contribution in [-0.2, 0) is 0 Å². The van der Waals surface area contributed by atoms with Gasteiger partial charge in [-0.3, -0.25) is 4.98 Å². The van der Waals surface area contributed by atoms with Crippen LogP contribution in [0.1, 0.15) is 0 Å². The molecule has 22 heavy (non-hydrogen) atoms. The Morgan fingerprint density at radius 2 is 1.68 bits per heavy atom. The highest BCUT2D eigenvalue weighted by atomic mass is 32.1. The van der Waals surface area contributed by atoms with Gasteiger partial charge in [0.15, 0.2) is 0 Å². The number of pyridine rings is 1. The zero-order chi connectivity index (χ0) is 14.8. The van der Waals surface area contributed by atoms with E-state index in [4.69, 9.17) is 4.42 Å². The van der Waals surface area contributed by atoms with Crippen LogP contribution < -0.4 is 0 Å². The lowest BCUT2D eigenvalue weighted by molar-refractivity contribution is 0.582. The standard InChI is InChI=1S/C16H10N4OS/c1-2-5-11(6-3-1)14-19-20-15(21-14)13-10-22-16(18-13)12-7-4-8-17-9-12/h1-10H. The van der Waals surface area contributed by atoms with Gasteiger partial charge >= 0.3 is 0 Å². The van der Waals surface area contributed by atoms with Gasteiger partial charge in [0.1, 0.15) is 10.7 Å². The van der Waals surface area contributed by atoms with Crippen molar-refractivity contribution in [3.63, 3.8) is 0 Å². The SMILES string of the molecule is c1ccc(-c2nnc(-c3csc(-c4cccnc4)n3)o2)cc1. The molecule has 4 aromatic rings. The van der Waals surface area contributed by atoms with Crippen LogP contribution in [-0.4, -0.2) is 20.2 Å². The van der Waals surface area contributed by atoms with Crippen molar-refractivity contribution < 1.29 is 4.42 Å². The first-order valence-electron chi connectivity index (χ1n) is 6.65. The molecule has 5 nitrogen and oxygen atoms in total. The van der Waals surface area contributed by atoms with E-state index in [2.05, 4.69) is 20.2 Å². The van der Waals surface area contributed by atoms with E-state index in [0.717, 1.165) is 16.1 Å². The molecular weight excluding hydrogens is 296 g/mol. The van der Waals surface area contributed by atoms with E-state index in [0.29, 0.717) is 17.5 Å². The lowest BCUT2D eigenvalue weighted by atomic mass is 10.2. The minimum atomic E-state index is 0.422. The van der Waals surface area contributed by atoms with Crippen molar-refractivity contribution in [2.24, 2.45) is 0 Å². The summed E-state index contributed by atoms with van der Waals surface area (Å²) in [5.41, 5.74) is 2.55. The minimum Gasteiger partial charge on any atom is -0.415 e. The molecule has 0 saturated carbocycles. The van der Waals surface area contributed by atoms with Crippen molar-refractivity contribution in [3.05, 3.63) is 60.2 Å². The Balaban J connectivity index is 1.66. The summed E-state index contributed by atoms with van der Waals surface area (Å²) < 4.78 is 5.71. The van der Waals surface area contributed by atoms with Gasteiger partial charge in [-0.1, -0.05) is 18.2 Å². The van der Waals surface area contributed by atoms with Gasteiger partial charge in [0.05, 0.1) is 0 Å². The second-order valence-corrected chi connectivity index (χ2v) is 5.42. The highest BCUT2D eigenvalue weighted by Crippen LogP contribution is 2.29. The number of rotatable bonds is 3. The normalized spacial score (nSPS) is 10.7. The van der Waals surface area contributed by atoms with Crippen molar-refractivity contribution in [2.75, 3.05) is 0 Å². The Hall–Kier alpha value is -2.86. The lowest BCUT2D eigenvalue weighted by Crippen LogP contribution is -1.80. The largest absolute Gasteiger partial charge is 0.415 e. The van der Waals surface area contributed by atoms with Gasteiger partial charge < -0.3 is 4.42 Å². The summed E-state index contributed by atoms with van der Waals surface area (Å²) in [5.74, 6) is 0.914. The first-order valence-corrected chi connectivity index (χ1v) is 7.53. The van der Waals surface area contributed by atoms with E-state index in [-0.39, 0.29) is 0 Å². The summed E-state index contributed by atoms with van der Waals surface area (Å²) in [6.45, 7) is 0. The second kappa shape index (κ2) is 5.50. The van der Waals surface area contributed by atoms with Crippen LogP contribution in [0, 0.1) is 0 Å². The molecule has 1 aromatic carbocycles. The summed E-state index contributed by atoms with van der Waals surface area (Å²) in [6, 6.07) is 13.5. The van der Waals surface area contributed by atoms with Crippen LogP contribution in [0.2, 0.25) is 0 Å². The summed E-state index contributed by atoms with van der Waals surface area (Å²) in [4.78, 5) is 8.64. The van der Waals surface area contributed by atoms with Crippen LogP contribution in [0.5, 0.6) is 0 Å². The predicted octanol–water partition coefficient (Wildman–Crippen LogP) is 3.92. The summed E-state index contributed by atoms with van der Waals surface area (Å²) in [5, 5.41) is 10.9. The maximum absolute atomic E-state index is 5.71. The zero-order valence-corrected chi connectivity index (χ0v) is 12.2. The Labute approximate surface area is 130 Å². The van der Waals surface area contributed by atoms with Crippen molar-refractivity contribution in [2.45, 2.75) is 0 Å². The maximum atomic E-state index is 5.71. The highest BCUT2D eigenvalue weighted by Gasteiger charge is 2.14. The molecule has 0 aliphatic heterocycles. The van der Waals surface area contributed by atoms with E-state index in [9.17, 15) is 0 Å². The molecule has 0 aliphatic carbocycles. The first kappa shape index (κ1) is 12.8. The Kier molecular flexibility index (Phi) is 3.21. The van der Waals surface area contributed by atoms with Crippen molar-refractivity contribution >= 4 is 11.3 Å².